The van der Waals surface area contributed by atoms with Crippen LogP contribution in [0.1, 0.15) is 42.2 Å². The maximum Gasteiger partial charge on any atom is 0.243 e. The van der Waals surface area contributed by atoms with Gasteiger partial charge in [-0.25, -0.2) is 5.01 Å². The average Bonchev–Trinajstić information content (AvgIpc) is 3.36. The van der Waals surface area contributed by atoms with Gasteiger partial charge in [0.05, 0.1) is 26.0 Å². The quantitative estimate of drug-likeness (QED) is 0.677. The van der Waals surface area contributed by atoms with Crippen molar-refractivity contribution < 1.29 is 24.2 Å². The molecule has 0 saturated carbocycles. The van der Waals surface area contributed by atoms with E-state index in [1.165, 1.54) is 5.01 Å². The molecular weight excluding hydrogens is 380 g/mol. The molecule has 0 saturated heterocycles. The molecule has 0 radical (unpaired) electrons. The highest BCUT2D eigenvalue weighted by molar-refractivity contribution is 7.10. The zero-order valence-electron chi connectivity index (χ0n) is 15.7. The van der Waals surface area contributed by atoms with Crippen LogP contribution in [0.15, 0.2) is 40.8 Å². The van der Waals surface area contributed by atoms with Gasteiger partial charge in [0.2, 0.25) is 5.91 Å². The Balaban J connectivity index is 1.86. The number of carbonyl (C=O) groups is 2. The molecule has 148 valence electrons. The van der Waals surface area contributed by atoms with Gasteiger partial charge in [-0.3, -0.25) is 4.79 Å². The molecule has 0 bridgehead atoms. The van der Waals surface area contributed by atoms with E-state index in [0.29, 0.717) is 17.9 Å². The summed E-state index contributed by atoms with van der Waals surface area (Å²) in [5.74, 6) is -0.141. The molecule has 8 heteroatoms. The van der Waals surface area contributed by atoms with Crippen LogP contribution in [-0.2, 0) is 9.59 Å². The lowest BCUT2D eigenvalue weighted by Gasteiger charge is -2.20. The van der Waals surface area contributed by atoms with Crippen molar-refractivity contribution in [3.8, 4) is 11.5 Å². The van der Waals surface area contributed by atoms with Gasteiger partial charge in [-0.15, -0.1) is 11.3 Å². The standard InChI is InChI=1S/C20H22N2O5S/c1-26-16-9-8-13(11-17(16)27-2)14-12-15(18-5-4-10-28-18)22(21-14)19(23)6-3-7-20(24)25/h4-5,8-11,15H,3,6-7,12H2,1-2H3,(H,24,25)/p-1/t15-/m1/s1. The fourth-order valence-corrected chi connectivity index (χ4v) is 3.94. The zero-order chi connectivity index (χ0) is 20.1. The number of hydrazone groups is 1. The number of ether oxygens (including phenoxy) is 2. The number of carboxylic acids is 1. The highest BCUT2D eigenvalue weighted by atomic mass is 32.1. The number of nitrogens with zero attached hydrogens (tertiary/aromatic N) is 2. The van der Waals surface area contributed by atoms with Gasteiger partial charge < -0.3 is 19.4 Å². The number of hydrogen-bond acceptors (Lipinski definition) is 7. The van der Waals surface area contributed by atoms with Gasteiger partial charge in [-0.2, -0.15) is 5.10 Å². The molecule has 2 aromatic rings. The first-order valence-corrected chi connectivity index (χ1v) is 9.76. The molecule has 1 aliphatic heterocycles. The Morgan fingerprint density at radius 3 is 2.64 bits per heavy atom. The predicted molar refractivity (Wildman–Crippen MR) is 103 cm³/mol. The fraction of sp³-hybridized carbons (Fsp3) is 0.350. The molecule has 3 rings (SSSR count). The van der Waals surface area contributed by atoms with Crippen molar-refractivity contribution in [2.45, 2.75) is 31.7 Å². The molecule has 1 aromatic heterocycles. The maximum absolute atomic E-state index is 12.7. The number of thiophene rings is 1. The molecule has 1 atom stereocenters. The number of rotatable bonds is 8. The van der Waals surface area contributed by atoms with Crippen molar-refractivity contribution in [1.82, 2.24) is 5.01 Å². The van der Waals surface area contributed by atoms with Crippen molar-refractivity contribution in [1.29, 1.82) is 0 Å². The van der Waals surface area contributed by atoms with E-state index in [9.17, 15) is 14.7 Å². The summed E-state index contributed by atoms with van der Waals surface area (Å²) in [5, 5.41) is 18.6. The molecule has 2 heterocycles. The van der Waals surface area contributed by atoms with Gasteiger partial charge in [0.25, 0.3) is 0 Å². The normalized spacial score (nSPS) is 16.0. The Morgan fingerprint density at radius 2 is 2.00 bits per heavy atom. The highest BCUT2D eigenvalue weighted by Crippen LogP contribution is 2.37. The summed E-state index contributed by atoms with van der Waals surface area (Å²) >= 11 is 1.57. The summed E-state index contributed by atoms with van der Waals surface area (Å²) in [6, 6.07) is 9.25. The lowest BCUT2D eigenvalue weighted by Crippen LogP contribution is -2.27. The number of benzene rings is 1. The van der Waals surface area contributed by atoms with E-state index < -0.39 is 5.97 Å². The van der Waals surface area contributed by atoms with Gasteiger partial charge in [0, 0.05) is 29.3 Å². The van der Waals surface area contributed by atoms with Gasteiger partial charge >= 0.3 is 0 Å². The molecule has 1 aromatic carbocycles. The van der Waals surface area contributed by atoms with Gasteiger partial charge in [0.15, 0.2) is 11.5 Å². The summed E-state index contributed by atoms with van der Waals surface area (Å²) in [7, 11) is 3.14. The second kappa shape index (κ2) is 8.88. The zero-order valence-corrected chi connectivity index (χ0v) is 16.5. The van der Waals surface area contributed by atoms with Crippen LogP contribution in [0.2, 0.25) is 0 Å². The Labute approximate surface area is 167 Å². The van der Waals surface area contributed by atoms with Crippen LogP contribution in [-0.4, -0.2) is 36.8 Å². The summed E-state index contributed by atoms with van der Waals surface area (Å²) in [6.07, 6.45) is 0.770. The Hall–Kier alpha value is -2.87. The van der Waals surface area contributed by atoms with Crippen LogP contribution < -0.4 is 14.6 Å². The van der Waals surface area contributed by atoms with E-state index in [-0.39, 0.29) is 31.2 Å². The Bertz CT molecular complexity index is 879. The molecule has 0 fully saturated rings. The van der Waals surface area contributed by atoms with Crippen molar-refractivity contribution in [3.63, 3.8) is 0 Å². The van der Waals surface area contributed by atoms with Crippen molar-refractivity contribution in [2.75, 3.05) is 14.2 Å². The molecule has 7 nitrogen and oxygen atoms in total. The second-order valence-corrected chi connectivity index (χ2v) is 7.29. The topological polar surface area (TPSA) is 91.3 Å². The number of aliphatic carboxylic acids is 1. The minimum absolute atomic E-state index is 0.110. The first-order valence-electron chi connectivity index (χ1n) is 8.88. The third-order valence-corrected chi connectivity index (χ3v) is 5.50. The largest absolute Gasteiger partial charge is 0.550 e. The van der Waals surface area contributed by atoms with Crippen LogP contribution in [0.25, 0.3) is 0 Å². The number of carbonyl (C=O) groups excluding carboxylic acids is 2. The minimum atomic E-state index is -1.15. The lowest BCUT2D eigenvalue weighted by molar-refractivity contribution is -0.305. The van der Waals surface area contributed by atoms with Crippen LogP contribution in [0.3, 0.4) is 0 Å². The van der Waals surface area contributed by atoms with Gasteiger partial charge in [0.1, 0.15) is 0 Å². The highest BCUT2D eigenvalue weighted by Gasteiger charge is 2.33. The van der Waals surface area contributed by atoms with E-state index in [4.69, 9.17) is 9.47 Å². The van der Waals surface area contributed by atoms with E-state index in [0.717, 1.165) is 16.2 Å². The Morgan fingerprint density at radius 1 is 1.21 bits per heavy atom. The van der Waals surface area contributed by atoms with E-state index in [1.807, 2.05) is 29.6 Å². The molecule has 0 N–H and O–H groups in total. The summed E-state index contributed by atoms with van der Waals surface area (Å²) in [4.78, 5) is 24.4. The van der Waals surface area contributed by atoms with E-state index >= 15 is 0 Å². The molecule has 0 spiro atoms. The smallest absolute Gasteiger partial charge is 0.243 e. The van der Waals surface area contributed by atoms with Crippen molar-refractivity contribution in [2.24, 2.45) is 5.10 Å². The summed E-state index contributed by atoms with van der Waals surface area (Å²) in [6.45, 7) is 0. The SMILES string of the molecule is COc1ccc(C2=NN(C(=O)CCCC(=O)[O-])[C@@H](c3cccs3)C2)cc1OC. The first-order chi connectivity index (χ1) is 13.5. The Kier molecular flexibility index (Phi) is 6.30. The van der Waals surface area contributed by atoms with Crippen molar-refractivity contribution in [3.05, 3.63) is 46.2 Å². The summed E-state index contributed by atoms with van der Waals surface area (Å²) < 4.78 is 10.6. The minimum Gasteiger partial charge on any atom is -0.550 e. The molecule has 0 unspecified atom stereocenters. The molecule has 28 heavy (non-hydrogen) atoms. The fourth-order valence-electron chi connectivity index (χ4n) is 3.13. The van der Waals surface area contributed by atoms with E-state index in [1.54, 1.807) is 31.6 Å². The third kappa shape index (κ3) is 4.33. The number of carboxylic acid groups (broad SMARTS) is 1. The lowest BCUT2D eigenvalue weighted by atomic mass is 10.0. The summed E-state index contributed by atoms with van der Waals surface area (Å²) in [5.41, 5.74) is 1.62. The molecule has 1 amide bonds. The average molecular weight is 401 g/mol. The van der Waals surface area contributed by atoms with Crippen LogP contribution in [0, 0.1) is 0 Å². The van der Waals surface area contributed by atoms with Gasteiger partial charge in [-0.1, -0.05) is 6.07 Å². The van der Waals surface area contributed by atoms with Gasteiger partial charge in [-0.05, 0) is 42.5 Å². The molecule has 0 aliphatic carbocycles. The number of hydrogen-bond donors (Lipinski definition) is 0. The first kappa shape index (κ1) is 19.9. The van der Waals surface area contributed by atoms with Crippen molar-refractivity contribution >= 4 is 28.9 Å². The maximum atomic E-state index is 12.7. The molecular formula is C20H21N2O5S-. The predicted octanol–water partition coefficient (Wildman–Crippen LogP) is 2.36. The van der Waals surface area contributed by atoms with Crippen LogP contribution in [0.5, 0.6) is 11.5 Å². The number of amides is 1. The second-order valence-electron chi connectivity index (χ2n) is 6.32. The van der Waals surface area contributed by atoms with E-state index in [2.05, 4.69) is 5.10 Å². The monoisotopic (exact) mass is 401 g/mol. The van der Waals surface area contributed by atoms with Crippen LogP contribution in [0.4, 0.5) is 0 Å². The van der Waals surface area contributed by atoms with Crippen LogP contribution >= 0.6 is 11.3 Å². The number of methoxy groups -OCH3 is 2. The third-order valence-electron chi connectivity index (χ3n) is 4.53. The molecule has 1 aliphatic rings.